The fourth-order valence-electron chi connectivity index (χ4n) is 1.90. The van der Waals surface area contributed by atoms with Gasteiger partial charge >= 0.3 is 0 Å². The zero-order chi connectivity index (χ0) is 11.0. The number of phenolic OH excluding ortho intramolecular Hbond substituents is 1. The van der Waals surface area contributed by atoms with E-state index in [4.69, 9.17) is 10.5 Å². The molecule has 15 heavy (non-hydrogen) atoms. The zero-order valence-electron chi connectivity index (χ0n) is 8.53. The van der Waals surface area contributed by atoms with Crippen LogP contribution in [0, 0.1) is 5.92 Å². The van der Waals surface area contributed by atoms with E-state index in [1.807, 2.05) is 6.07 Å². The molecule has 2 rings (SSSR count). The van der Waals surface area contributed by atoms with Gasteiger partial charge in [-0.25, -0.2) is 0 Å². The van der Waals surface area contributed by atoms with Gasteiger partial charge in [-0.15, -0.1) is 0 Å². The molecule has 0 heterocycles. The topological polar surface area (TPSA) is 55.5 Å². The van der Waals surface area contributed by atoms with Crippen molar-refractivity contribution in [3.63, 3.8) is 0 Å². The van der Waals surface area contributed by atoms with Gasteiger partial charge in [0.25, 0.3) is 0 Å². The molecule has 0 amide bonds. The van der Waals surface area contributed by atoms with Gasteiger partial charge in [-0.2, -0.15) is 0 Å². The fourth-order valence-corrected chi connectivity index (χ4v) is 2.52. The minimum absolute atomic E-state index is 0.178. The van der Waals surface area contributed by atoms with Gasteiger partial charge in [-0.3, -0.25) is 0 Å². The molecule has 0 saturated heterocycles. The Bertz CT molecular complexity index is 381. The number of hydrogen-bond donors (Lipinski definition) is 2. The van der Waals surface area contributed by atoms with Crippen LogP contribution in [0.15, 0.2) is 16.6 Å². The van der Waals surface area contributed by atoms with Crippen molar-refractivity contribution in [1.29, 1.82) is 0 Å². The quantitative estimate of drug-likeness (QED) is 0.887. The Morgan fingerprint density at radius 1 is 1.60 bits per heavy atom. The van der Waals surface area contributed by atoms with E-state index in [-0.39, 0.29) is 5.75 Å². The Kier molecular flexibility index (Phi) is 2.89. The molecule has 82 valence electrons. The monoisotopic (exact) mass is 271 g/mol. The normalized spacial score (nSPS) is 23.9. The van der Waals surface area contributed by atoms with Crippen LogP contribution in [0.25, 0.3) is 0 Å². The third-order valence-electron chi connectivity index (χ3n) is 2.95. The molecular weight excluding hydrogens is 258 g/mol. The lowest BCUT2D eigenvalue weighted by Gasteiger charge is -2.09. The standard InChI is InChI=1S/C11H14BrNO2/c1-15-9-3-2-7(10(12)11(9)14)8-4-6(8)5-13/h2-3,6,8,14H,4-5,13H2,1H3. The minimum Gasteiger partial charge on any atom is -0.503 e. The smallest absolute Gasteiger partial charge is 0.172 e. The first-order valence-electron chi connectivity index (χ1n) is 4.94. The lowest BCUT2D eigenvalue weighted by Crippen LogP contribution is -2.02. The maximum Gasteiger partial charge on any atom is 0.172 e. The molecule has 1 aromatic carbocycles. The SMILES string of the molecule is COc1ccc(C2CC2CN)c(Br)c1O. The van der Waals surface area contributed by atoms with Gasteiger partial charge in [-0.05, 0) is 52.4 Å². The third-order valence-corrected chi connectivity index (χ3v) is 3.79. The van der Waals surface area contributed by atoms with E-state index in [0.717, 1.165) is 16.5 Å². The van der Waals surface area contributed by atoms with Gasteiger partial charge in [0.2, 0.25) is 0 Å². The lowest BCUT2D eigenvalue weighted by molar-refractivity contribution is 0.371. The molecule has 0 bridgehead atoms. The van der Waals surface area contributed by atoms with Crippen LogP contribution in [-0.2, 0) is 0 Å². The highest BCUT2D eigenvalue weighted by Crippen LogP contribution is 2.51. The van der Waals surface area contributed by atoms with Crippen LogP contribution in [0.4, 0.5) is 0 Å². The maximum absolute atomic E-state index is 9.81. The predicted molar refractivity (Wildman–Crippen MR) is 62.3 cm³/mol. The molecule has 0 radical (unpaired) electrons. The van der Waals surface area contributed by atoms with Crippen molar-refractivity contribution in [3.8, 4) is 11.5 Å². The van der Waals surface area contributed by atoms with Gasteiger partial charge in [0.15, 0.2) is 11.5 Å². The lowest BCUT2D eigenvalue weighted by atomic mass is 10.1. The average molecular weight is 272 g/mol. The van der Waals surface area contributed by atoms with Crippen molar-refractivity contribution in [2.24, 2.45) is 11.7 Å². The minimum atomic E-state index is 0.178. The van der Waals surface area contributed by atoms with Crippen molar-refractivity contribution < 1.29 is 9.84 Å². The number of rotatable bonds is 3. The van der Waals surface area contributed by atoms with Crippen LogP contribution >= 0.6 is 15.9 Å². The summed E-state index contributed by atoms with van der Waals surface area (Å²) in [5, 5.41) is 9.81. The number of phenols is 1. The molecular formula is C11H14BrNO2. The van der Waals surface area contributed by atoms with E-state index in [1.54, 1.807) is 13.2 Å². The third kappa shape index (κ3) is 1.84. The molecule has 2 unspecified atom stereocenters. The van der Waals surface area contributed by atoms with Crippen LogP contribution in [0.3, 0.4) is 0 Å². The Labute approximate surface area is 97.4 Å². The number of halogens is 1. The summed E-state index contributed by atoms with van der Waals surface area (Å²) in [6, 6.07) is 3.78. The first kappa shape index (κ1) is 10.8. The van der Waals surface area contributed by atoms with Crippen molar-refractivity contribution in [1.82, 2.24) is 0 Å². The largest absolute Gasteiger partial charge is 0.503 e. The summed E-state index contributed by atoms with van der Waals surface area (Å²) in [6.45, 7) is 0.712. The van der Waals surface area contributed by atoms with Gasteiger partial charge in [0.05, 0.1) is 11.6 Å². The van der Waals surface area contributed by atoms with Crippen LogP contribution < -0.4 is 10.5 Å². The number of aromatic hydroxyl groups is 1. The summed E-state index contributed by atoms with van der Waals surface area (Å²) in [6.07, 6.45) is 1.11. The Hall–Kier alpha value is -0.740. The fraction of sp³-hybridized carbons (Fsp3) is 0.455. The highest BCUT2D eigenvalue weighted by atomic mass is 79.9. The van der Waals surface area contributed by atoms with E-state index in [1.165, 1.54) is 0 Å². The maximum atomic E-state index is 9.81. The summed E-state index contributed by atoms with van der Waals surface area (Å²) < 4.78 is 5.77. The second kappa shape index (κ2) is 4.02. The number of hydrogen-bond acceptors (Lipinski definition) is 3. The number of nitrogens with two attached hydrogens (primary N) is 1. The molecule has 4 heteroatoms. The van der Waals surface area contributed by atoms with Gasteiger partial charge in [0, 0.05) is 0 Å². The van der Waals surface area contributed by atoms with Crippen molar-refractivity contribution in [3.05, 3.63) is 22.2 Å². The second-order valence-corrected chi connectivity index (χ2v) is 4.65. The predicted octanol–water partition coefficient (Wildman–Crippen LogP) is 2.23. The number of methoxy groups -OCH3 is 1. The molecule has 2 atom stereocenters. The van der Waals surface area contributed by atoms with Crippen LogP contribution in [0.2, 0.25) is 0 Å². The number of ether oxygens (including phenoxy) is 1. The van der Waals surface area contributed by atoms with Gasteiger partial charge in [0.1, 0.15) is 0 Å². The molecule has 1 aliphatic carbocycles. The number of benzene rings is 1. The van der Waals surface area contributed by atoms with Crippen LogP contribution in [0.1, 0.15) is 17.9 Å². The van der Waals surface area contributed by atoms with Crippen molar-refractivity contribution in [2.45, 2.75) is 12.3 Å². The molecule has 0 aromatic heterocycles. The van der Waals surface area contributed by atoms with E-state index >= 15 is 0 Å². The van der Waals surface area contributed by atoms with E-state index in [9.17, 15) is 5.11 Å². The van der Waals surface area contributed by atoms with Crippen molar-refractivity contribution >= 4 is 15.9 Å². The molecule has 1 saturated carbocycles. The summed E-state index contributed by atoms with van der Waals surface area (Å²) in [5.41, 5.74) is 6.73. The van der Waals surface area contributed by atoms with E-state index in [0.29, 0.717) is 24.1 Å². The highest BCUT2D eigenvalue weighted by molar-refractivity contribution is 9.10. The van der Waals surface area contributed by atoms with Crippen molar-refractivity contribution in [2.75, 3.05) is 13.7 Å². The molecule has 3 N–H and O–H groups in total. The summed E-state index contributed by atoms with van der Waals surface area (Å²) in [5.74, 6) is 1.73. The summed E-state index contributed by atoms with van der Waals surface area (Å²) in [4.78, 5) is 0. The molecule has 0 spiro atoms. The van der Waals surface area contributed by atoms with E-state index < -0.39 is 0 Å². The van der Waals surface area contributed by atoms with Gasteiger partial charge < -0.3 is 15.6 Å². The Morgan fingerprint density at radius 3 is 2.87 bits per heavy atom. The van der Waals surface area contributed by atoms with Gasteiger partial charge in [-0.1, -0.05) is 6.07 Å². The highest BCUT2D eigenvalue weighted by Gasteiger charge is 2.38. The molecule has 1 aromatic rings. The van der Waals surface area contributed by atoms with Crippen LogP contribution in [0.5, 0.6) is 11.5 Å². The first-order chi connectivity index (χ1) is 7.19. The Balaban J connectivity index is 2.31. The average Bonchev–Trinajstić information content (AvgIpc) is 3.01. The summed E-state index contributed by atoms with van der Waals surface area (Å²) in [7, 11) is 1.54. The van der Waals surface area contributed by atoms with E-state index in [2.05, 4.69) is 15.9 Å². The summed E-state index contributed by atoms with van der Waals surface area (Å²) >= 11 is 3.40. The first-order valence-corrected chi connectivity index (χ1v) is 5.73. The molecule has 0 aliphatic heterocycles. The molecule has 1 aliphatic rings. The Morgan fingerprint density at radius 2 is 2.33 bits per heavy atom. The molecule has 3 nitrogen and oxygen atoms in total. The molecule has 1 fully saturated rings. The second-order valence-electron chi connectivity index (χ2n) is 3.86. The van der Waals surface area contributed by atoms with Crippen LogP contribution in [-0.4, -0.2) is 18.8 Å². The zero-order valence-corrected chi connectivity index (χ0v) is 10.1.